The molecular formula is C44H45N5O8S2. The number of aliphatic hydroxyl groups is 1. The van der Waals surface area contributed by atoms with Crippen molar-refractivity contribution in [3.8, 4) is 11.1 Å². The Morgan fingerprint density at radius 1 is 0.898 bits per heavy atom. The predicted molar refractivity (Wildman–Crippen MR) is 223 cm³/mol. The first-order valence-electron chi connectivity index (χ1n) is 19.9. The van der Waals surface area contributed by atoms with Crippen LogP contribution in [0.2, 0.25) is 0 Å². The minimum absolute atomic E-state index is 0.0592. The molecular weight excluding hydrogens is 791 g/mol. The maximum Gasteiger partial charge on any atom is 0.263 e. The summed E-state index contributed by atoms with van der Waals surface area (Å²) in [6, 6.07) is 23.7. The number of thioether (sulfide) groups is 1. The number of fused-ring (bicyclic) bond motifs is 4. The molecule has 306 valence electrons. The molecule has 5 amide bonds. The number of hydrogen-bond donors (Lipinski definition) is 4. The van der Waals surface area contributed by atoms with Gasteiger partial charge in [-0.05, 0) is 104 Å². The summed E-state index contributed by atoms with van der Waals surface area (Å²) >= 11 is 1.46. The van der Waals surface area contributed by atoms with Crippen molar-refractivity contribution in [3.63, 3.8) is 0 Å². The zero-order valence-corrected chi connectivity index (χ0v) is 34.1. The third-order valence-corrected chi connectivity index (χ3v) is 14.7. The van der Waals surface area contributed by atoms with Gasteiger partial charge in [0, 0.05) is 41.6 Å². The fourth-order valence-corrected chi connectivity index (χ4v) is 11.4. The van der Waals surface area contributed by atoms with Crippen molar-refractivity contribution in [3.05, 3.63) is 107 Å². The Morgan fingerprint density at radius 3 is 2.46 bits per heavy atom. The van der Waals surface area contributed by atoms with E-state index in [0.717, 1.165) is 45.7 Å². The van der Waals surface area contributed by atoms with E-state index < -0.39 is 45.7 Å². The third-order valence-electron chi connectivity index (χ3n) is 11.7. The van der Waals surface area contributed by atoms with Crippen LogP contribution in [0.15, 0.2) is 94.7 Å². The highest BCUT2D eigenvalue weighted by Crippen LogP contribution is 2.49. The largest absolute Gasteiger partial charge is 0.394 e. The summed E-state index contributed by atoms with van der Waals surface area (Å²) in [6.07, 6.45) is 3.28. The molecule has 4 N–H and O–H groups in total. The van der Waals surface area contributed by atoms with E-state index in [1.165, 1.54) is 11.8 Å². The van der Waals surface area contributed by atoms with Crippen LogP contribution in [0.1, 0.15) is 82.8 Å². The van der Waals surface area contributed by atoms with E-state index in [0.29, 0.717) is 42.1 Å². The van der Waals surface area contributed by atoms with Gasteiger partial charge in [0.1, 0.15) is 6.04 Å². The molecule has 4 aliphatic heterocycles. The van der Waals surface area contributed by atoms with Gasteiger partial charge in [-0.3, -0.25) is 34.2 Å². The zero-order chi connectivity index (χ0) is 41.4. The molecule has 8 rings (SSSR count). The second kappa shape index (κ2) is 16.7. The molecule has 59 heavy (non-hydrogen) atoms. The van der Waals surface area contributed by atoms with Crippen molar-refractivity contribution >= 4 is 62.7 Å². The van der Waals surface area contributed by atoms with Gasteiger partial charge in [0.25, 0.3) is 11.8 Å². The molecule has 15 heteroatoms. The lowest BCUT2D eigenvalue weighted by atomic mass is 9.82. The van der Waals surface area contributed by atoms with Gasteiger partial charge >= 0.3 is 0 Å². The summed E-state index contributed by atoms with van der Waals surface area (Å²) < 4.78 is 29.6. The molecule has 4 aromatic carbocycles. The molecule has 4 heterocycles. The third kappa shape index (κ3) is 7.91. The predicted octanol–water partition coefficient (Wildman–Crippen LogP) is 5.89. The average molecular weight is 836 g/mol. The van der Waals surface area contributed by atoms with Crippen molar-refractivity contribution in [2.75, 3.05) is 29.5 Å². The van der Waals surface area contributed by atoms with Gasteiger partial charge in [-0.2, -0.15) is 4.31 Å². The van der Waals surface area contributed by atoms with E-state index in [4.69, 9.17) is 0 Å². The van der Waals surface area contributed by atoms with E-state index in [9.17, 15) is 37.5 Å². The number of nitrogens with one attached hydrogen (secondary N) is 3. The Hall–Kier alpha value is -5.35. The minimum Gasteiger partial charge on any atom is -0.394 e. The summed E-state index contributed by atoms with van der Waals surface area (Å²) in [5.74, 6) is -1.69. The van der Waals surface area contributed by atoms with Gasteiger partial charge in [-0.25, -0.2) is 8.42 Å². The lowest BCUT2D eigenvalue weighted by molar-refractivity contribution is -0.136. The molecule has 0 saturated carbocycles. The minimum atomic E-state index is -3.81. The van der Waals surface area contributed by atoms with Gasteiger partial charge in [0.2, 0.25) is 27.7 Å². The molecule has 0 spiro atoms. The smallest absolute Gasteiger partial charge is 0.263 e. The highest BCUT2D eigenvalue weighted by atomic mass is 32.2. The number of hydrogen-bond acceptors (Lipinski definition) is 10. The molecule has 0 radical (unpaired) electrons. The van der Waals surface area contributed by atoms with Crippen LogP contribution in [0.25, 0.3) is 11.1 Å². The number of piperidine rings is 1. The molecule has 0 aromatic heterocycles. The molecule has 2 saturated heterocycles. The van der Waals surface area contributed by atoms with E-state index in [2.05, 4.69) is 16.0 Å². The summed E-state index contributed by atoms with van der Waals surface area (Å²) in [5.41, 5.74) is 5.53. The van der Waals surface area contributed by atoms with Crippen LogP contribution in [0.5, 0.6) is 0 Å². The number of carbonyl (C=O) groups is 5. The van der Waals surface area contributed by atoms with Gasteiger partial charge < -0.3 is 15.7 Å². The average Bonchev–Trinajstić information content (AvgIpc) is 3.79. The molecule has 4 aromatic rings. The van der Waals surface area contributed by atoms with Crippen LogP contribution in [0.3, 0.4) is 0 Å². The van der Waals surface area contributed by atoms with E-state index in [-0.39, 0.29) is 53.3 Å². The van der Waals surface area contributed by atoms with E-state index >= 15 is 0 Å². The Morgan fingerprint density at radius 2 is 1.68 bits per heavy atom. The number of benzene rings is 4. The van der Waals surface area contributed by atoms with Crippen LogP contribution in [0.4, 0.5) is 11.4 Å². The van der Waals surface area contributed by atoms with Gasteiger partial charge in [-0.15, -0.1) is 11.8 Å². The molecule has 13 nitrogen and oxygen atoms in total. The monoisotopic (exact) mass is 835 g/mol. The fourth-order valence-electron chi connectivity index (χ4n) is 8.67. The number of anilines is 2. The summed E-state index contributed by atoms with van der Waals surface area (Å²) in [6.45, 7) is 2.15. The van der Waals surface area contributed by atoms with E-state index in [1.807, 2.05) is 49.4 Å². The number of imide groups is 2. The lowest BCUT2D eigenvalue weighted by Gasteiger charge is -2.39. The number of nitrogens with zero attached hydrogens (tertiary/aromatic N) is 2. The van der Waals surface area contributed by atoms with Gasteiger partial charge in [0.05, 0.1) is 34.7 Å². The normalized spacial score (nSPS) is 21.4. The van der Waals surface area contributed by atoms with Crippen LogP contribution in [0, 0.1) is 12.8 Å². The molecule has 4 aliphatic rings. The molecule has 0 bridgehead atoms. The van der Waals surface area contributed by atoms with Gasteiger partial charge in [-0.1, -0.05) is 48.4 Å². The van der Waals surface area contributed by atoms with Crippen LogP contribution >= 0.6 is 11.8 Å². The molecule has 4 atom stereocenters. The SMILES string of the molecule is Cc1ccc(S(=O)(=O)N2CC[C@@H]3[C@H](CO)Nc4ccc(-c5cccc(NC(=O)CCCCCSc6cccc7c6C(=O)N(C6CCC(=O)NC6=O)C7=O)c5)cc4[C@@H]32)cc1. The first-order valence-corrected chi connectivity index (χ1v) is 22.3. The quantitative estimate of drug-likeness (QED) is 0.0720. The van der Waals surface area contributed by atoms with Crippen molar-refractivity contribution in [1.29, 1.82) is 0 Å². The van der Waals surface area contributed by atoms with Crippen molar-refractivity contribution in [2.24, 2.45) is 5.92 Å². The summed E-state index contributed by atoms with van der Waals surface area (Å²) in [5, 5.41) is 18.9. The van der Waals surface area contributed by atoms with Crippen molar-refractivity contribution in [1.82, 2.24) is 14.5 Å². The highest BCUT2D eigenvalue weighted by molar-refractivity contribution is 7.99. The topological polar surface area (TPSA) is 182 Å². The Bertz CT molecular complexity index is 2460. The first-order chi connectivity index (χ1) is 28.4. The van der Waals surface area contributed by atoms with E-state index in [1.54, 1.807) is 46.8 Å². The number of rotatable bonds is 13. The fraction of sp³-hybridized carbons (Fsp3) is 0.341. The second-order valence-electron chi connectivity index (χ2n) is 15.5. The summed E-state index contributed by atoms with van der Waals surface area (Å²) in [4.78, 5) is 65.5. The maximum atomic E-state index is 14.0. The number of aliphatic hydroxyl groups excluding tert-OH is 1. The number of unbranched alkanes of at least 4 members (excludes halogenated alkanes) is 2. The number of sulfonamides is 1. The Balaban J connectivity index is 0.868. The number of aryl methyl sites for hydroxylation is 1. The number of amides is 5. The second-order valence-corrected chi connectivity index (χ2v) is 18.5. The Labute approximate surface area is 347 Å². The highest BCUT2D eigenvalue weighted by Gasteiger charge is 2.49. The standard InChI is InChI=1S/C44H45N5O8S2/c1-26-12-15-30(16-13-26)59(56,57)48-21-20-31-35(25-50)46-34-17-14-28(24-33(34)41(31)48)27-7-5-8-29(23-27)45-38(51)11-3-2-4-22-58-37-10-6-9-32-40(37)44(55)49(43(32)54)36-18-19-39(52)47-42(36)53/h5-10,12-17,23-24,31,35-36,41,46,50H,2-4,11,18-22,25H2,1H3,(H,45,51)(H,47,52,53)/t31-,35+,36?,41-/m1/s1. The molecule has 1 unspecified atom stereocenters. The zero-order valence-electron chi connectivity index (χ0n) is 32.5. The first kappa shape index (κ1) is 40.4. The van der Waals surface area contributed by atoms with Crippen LogP contribution < -0.4 is 16.0 Å². The van der Waals surface area contributed by atoms with Crippen molar-refractivity contribution < 1.29 is 37.5 Å². The lowest BCUT2D eigenvalue weighted by Crippen LogP contribution is -2.54. The van der Waals surface area contributed by atoms with Gasteiger partial charge in [0.15, 0.2) is 0 Å². The van der Waals surface area contributed by atoms with Crippen LogP contribution in [-0.2, 0) is 24.4 Å². The summed E-state index contributed by atoms with van der Waals surface area (Å²) in [7, 11) is -3.81. The van der Waals surface area contributed by atoms with Crippen molar-refractivity contribution in [2.45, 2.75) is 79.8 Å². The number of carbonyl (C=O) groups excluding carboxylic acids is 5. The Kier molecular flexibility index (Phi) is 11.5. The maximum absolute atomic E-state index is 14.0. The van der Waals surface area contributed by atoms with Crippen LogP contribution in [-0.4, -0.2) is 83.3 Å². The molecule has 2 fully saturated rings. The molecule has 0 aliphatic carbocycles.